The molecule has 0 bridgehead atoms. The van der Waals surface area contributed by atoms with Crippen LogP contribution in [0.2, 0.25) is 0 Å². The van der Waals surface area contributed by atoms with E-state index in [0.29, 0.717) is 18.0 Å². The van der Waals surface area contributed by atoms with E-state index in [1.807, 2.05) is 17.6 Å². The van der Waals surface area contributed by atoms with Gasteiger partial charge in [0.1, 0.15) is 0 Å². The molecular weight excluding hydrogens is 336 g/mol. The first-order valence-corrected chi connectivity index (χ1v) is 9.35. The number of aromatic nitrogens is 1. The minimum atomic E-state index is -0.233. The van der Waals surface area contributed by atoms with Crippen LogP contribution in [0.4, 0.5) is 5.13 Å². The molecule has 1 atom stereocenters. The van der Waals surface area contributed by atoms with Crippen molar-refractivity contribution >= 4 is 28.3 Å². The normalized spacial score (nSPS) is 17.1. The highest BCUT2D eigenvalue weighted by Gasteiger charge is 2.22. The summed E-state index contributed by atoms with van der Waals surface area (Å²) in [7, 11) is 0. The number of hydrogen-bond acceptors (Lipinski definition) is 5. The van der Waals surface area contributed by atoms with Crippen LogP contribution >= 0.6 is 11.3 Å². The summed E-state index contributed by atoms with van der Waals surface area (Å²) < 4.78 is 0. The molecule has 6 nitrogen and oxygen atoms in total. The highest BCUT2D eigenvalue weighted by Crippen LogP contribution is 2.24. The molecule has 3 rings (SSSR count). The highest BCUT2D eigenvalue weighted by atomic mass is 32.1. The molecule has 0 aliphatic carbocycles. The van der Waals surface area contributed by atoms with Gasteiger partial charge in [-0.1, -0.05) is 18.2 Å². The maximum absolute atomic E-state index is 12.0. The van der Waals surface area contributed by atoms with E-state index in [0.717, 1.165) is 31.1 Å². The lowest BCUT2D eigenvalue weighted by Crippen LogP contribution is -2.43. The van der Waals surface area contributed by atoms with E-state index in [-0.39, 0.29) is 18.4 Å². The molecular formula is C18H22N4O2S. The number of benzene rings is 1. The monoisotopic (exact) mass is 358 g/mol. The summed E-state index contributed by atoms with van der Waals surface area (Å²) in [6, 6.07) is 8.89. The van der Waals surface area contributed by atoms with Crippen molar-refractivity contribution in [3.63, 3.8) is 0 Å². The van der Waals surface area contributed by atoms with Crippen molar-refractivity contribution in [1.82, 2.24) is 15.6 Å². The number of carbonyl (C=O) groups is 2. The quantitative estimate of drug-likeness (QED) is 0.827. The first-order valence-electron chi connectivity index (χ1n) is 8.47. The van der Waals surface area contributed by atoms with E-state index in [2.05, 4.69) is 20.5 Å². The van der Waals surface area contributed by atoms with Crippen LogP contribution in [0.5, 0.6) is 0 Å². The van der Waals surface area contributed by atoms with Crippen LogP contribution in [0.15, 0.2) is 41.9 Å². The molecule has 1 fully saturated rings. The second-order valence-electron chi connectivity index (χ2n) is 6.12. The minimum Gasteiger partial charge on any atom is -0.354 e. The number of rotatable bonds is 6. The molecule has 1 unspecified atom stereocenters. The van der Waals surface area contributed by atoms with Gasteiger partial charge in [0.2, 0.25) is 5.91 Å². The van der Waals surface area contributed by atoms with Crippen molar-refractivity contribution in [1.29, 1.82) is 0 Å². The SMILES string of the molecule is O=C(CNC(=O)c1ccccc1)NCC1CCCN(c2nccs2)C1. The van der Waals surface area contributed by atoms with Crippen molar-refractivity contribution in [3.05, 3.63) is 47.5 Å². The highest BCUT2D eigenvalue weighted by molar-refractivity contribution is 7.13. The van der Waals surface area contributed by atoms with Crippen molar-refractivity contribution < 1.29 is 9.59 Å². The smallest absolute Gasteiger partial charge is 0.251 e. The van der Waals surface area contributed by atoms with Crippen LogP contribution in [0, 0.1) is 5.92 Å². The average molecular weight is 358 g/mol. The maximum Gasteiger partial charge on any atom is 0.251 e. The van der Waals surface area contributed by atoms with Gasteiger partial charge in [-0.15, -0.1) is 11.3 Å². The van der Waals surface area contributed by atoms with Crippen molar-refractivity contribution in [2.45, 2.75) is 12.8 Å². The molecule has 1 saturated heterocycles. The summed E-state index contributed by atoms with van der Waals surface area (Å²) in [6.07, 6.45) is 4.02. The molecule has 1 aliphatic rings. The Balaban J connectivity index is 1.39. The second-order valence-corrected chi connectivity index (χ2v) is 6.99. The molecule has 2 amide bonds. The van der Waals surface area contributed by atoms with E-state index >= 15 is 0 Å². The lowest BCUT2D eigenvalue weighted by Gasteiger charge is -2.32. The standard InChI is InChI=1S/C18H22N4O2S/c23-16(12-21-17(24)15-6-2-1-3-7-15)20-11-14-5-4-9-22(13-14)18-19-8-10-25-18/h1-3,6-8,10,14H,4-5,9,11-13H2,(H,20,23)(H,21,24). The zero-order chi connectivity index (χ0) is 17.5. The third-order valence-corrected chi connectivity index (χ3v) is 5.07. The number of nitrogens with zero attached hydrogens (tertiary/aromatic N) is 2. The van der Waals surface area contributed by atoms with E-state index in [1.165, 1.54) is 0 Å². The summed E-state index contributed by atoms with van der Waals surface area (Å²) in [5.74, 6) is 0.0189. The fraction of sp³-hybridized carbons (Fsp3) is 0.389. The van der Waals surface area contributed by atoms with Gasteiger partial charge in [-0.2, -0.15) is 0 Å². The van der Waals surface area contributed by atoms with Crippen LogP contribution in [0.25, 0.3) is 0 Å². The molecule has 0 spiro atoms. The Morgan fingerprint density at radius 1 is 1.24 bits per heavy atom. The van der Waals surface area contributed by atoms with Gasteiger partial charge in [0, 0.05) is 36.8 Å². The average Bonchev–Trinajstić information content (AvgIpc) is 3.20. The van der Waals surface area contributed by atoms with Gasteiger partial charge in [-0.3, -0.25) is 9.59 Å². The van der Waals surface area contributed by atoms with Crippen LogP contribution in [-0.4, -0.2) is 43.0 Å². The largest absolute Gasteiger partial charge is 0.354 e. The molecule has 25 heavy (non-hydrogen) atoms. The van der Waals surface area contributed by atoms with E-state index in [1.54, 1.807) is 35.6 Å². The Labute approximate surface area is 151 Å². The number of carbonyl (C=O) groups excluding carboxylic acids is 2. The Bertz CT molecular complexity index is 690. The lowest BCUT2D eigenvalue weighted by atomic mass is 9.98. The molecule has 1 aromatic heterocycles. The fourth-order valence-electron chi connectivity index (χ4n) is 2.95. The number of amides is 2. The molecule has 132 valence electrons. The molecule has 1 aromatic carbocycles. The Kier molecular flexibility index (Phi) is 6.00. The van der Waals surface area contributed by atoms with Crippen LogP contribution < -0.4 is 15.5 Å². The van der Waals surface area contributed by atoms with Gasteiger partial charge in [0.15, 0.2) is 5.13 Å². The molecule has 0 saturated carbocycles. The summed E-state index contributed by atoms with van der Waals surface area (Å²) in [6.45, 7) is 2.55. The second kappa shape index (κ2) is 8.62. The van der Waals surface area contributed by atoms with Crippen molar-refractivity contribution in [2.24, 2.45) is 5.92 Å². The van der Waals surface area contributed by atoms with Crippen LogP contribution in [0.3, 0.4) is 0 Å². The minimum absolute atomic E-state index is 0.00333. The third kappa shape index (κ3) is 5.03. The fourth-order valence-corrected chi connectivity index (χ4v) is 3.63. The molecule has 2 heterocycles. The summed E-state index contributed by atoms with van der Waals surface area (Å²) in [5, 5.41) is 8.61. The number of anilines is 1. The van der Waals surface area contributed by atoms with Gasteiger partial charge in [0.05, 0.1) is 6.54 Å². The van der Waals surface area contributed by atoms with Gasteiger partial charge < -0.3 is 15.5 Å². The summed E-state index contributed by atoms with van der Waals surface area (Å²) in [4.78, 5) is 30.5. The molecule has 2 aromatic rings. The first-order chi connectivity index (χ1) is 12.2. The van der Waals surface area contributed by atoms with Gasteiger partial charge >= 0.3 is 0 Å². The number of hydrogen-bond donors (Lipinski definition) is 2. The molecule has 7 heteroatoms. The topological polar surface area (TPSA) is 74.3 Å². The van der Waals surface area contributed by atoms with E-state index in [9.17, 15) is 9.59 Å². The Morgan fingerprint density at radius 2 is 2.08 bits per heavy atom. The van der Waals surface area contributed by atoms with E-state index in [4.69, 9.17) is 0 Å². The third-order valence-electron chi connectivity index (χ3n) is 4.24. The van der Waals surface area contributed by atoms with E-state index < -0.39 is 0 Å². The first kappa shape index (κ1) is 17.4. The zero-order valence-corrected chi connectivity index (χ0v) is 14.8. The van der Waals surface area contributed by atoms with Gasteiger partial charge in [-0.05, 0) is 30.9 Å². The van der Waals surface area contributed by atoms with Gasteiger partial charge in [0.25, 0.3) is 5.91 Å². The zero-order valence-electron chi connectivity index (χ0n) is 14.0. The van der Waals surface area contributed by atoms with Gasteiger partial charge in [-0.25, -0.2) is 4.98 Å². The predicted octanol–water partition coefficient (Wildman–Crippen LogP) is 1.91. The lowest BCUT2D eigenvalue weighted by molar-refractivity contribution is -0.120. The summed E-state index contributed by atoms with van der Waals surface area (Å²) >= 11 is 1.65. The van der Waals surface area contributed by atoms with Crippen molar-refractivity contribution in [2.75, 3.05) is 31.1 Å². The Morgan fingerprint density at radius 3 is 2.84 bits per heavy atom. The summed E-state index contributed by atoms with van der Waals surface area (Å²) in [5.41, 5.74) is 0.557. The number of piperidine rings is 1. The van der Waals surface area contributed by atoms with Crippen molar-refractivity contribution in [3.8, 4) is 0 Å². The maximum atomic E-state index is 12.0. The molecule has 0 radical (unpaired) electrons. The Hall–Kier alpha value is -2.41. The molecule has 1 aliphatic heterocycles. The predicted molar refractivity (Wildman–Crippen MR) is 98.8 cm³/mol. The number of thiazole rings is 1. The number of nitrogens with one attached hydrogen (secondary N) is 2. The molecule has 2 N–H and O–H groups in total. The van der Waals surface area contributed by atoms with Crippen LogP contribution in [-0.2, 0) is 4.79 Å². The van der Waals surface area contributed by atoms with Crippen LogP contribution in [0.1, 0.15) is 23.2 Å².